The van der Waals surface area contributed by atoms with Gasteiger partial charge in [0.05, 0.1) is 17.9 Å². The lowest BCUT2D eigenvalue weighted by Gasteiger charge is -2.05. The molecule has 0 fully saturated rings. The normalized spacial score (nSPS) is 9.79. The van der Waals surface area contributed by atoms with E-state index in [2.05, 4.69) is 10.3 Å². The molecule has 76 valence electrons. The van der Waals surface area contributed by atoms with E-state index >= 15 is 0 Å². The van der Waals surface area contributed by atoms with Gasteiger partial charge in [-0.3, -0.25) is 9.78 Å². The summed E-state index contributed by atoms with van der Waals surface area (Å²) < 4.78 is 0. The number of hydrogen-bond acceptors (Lipinski definition) is 3. The van der Waals surface area contributed by atoms with Crippen molar-refractivity contribution in [3.05, 3.63) is 24.0 Å². The van der Waals surface area contributed by atoms with E-state index in [0.29, 0.717) is 30.2 Å². The number of nitrogens with zero attached hydrogens (tertiary/aromatic N) is 1. The molecule has 4 nitrogen and oxygen atoms in total. The quantitative estimate of drug-likeness (QED) is 0.731. The summed E-state index contributed by atoms with van der Waals surface area (Å²) in [6, 6.07) is 3.50. The number of nitrogen functional groups attached to an aromatic ring is 1. The number of halogens is 1. The number of nitrogens with two attached hydrogens (primary N) is 1. The van der Waals surface area contributed by atoms with Gasteiger partial charge in [-0.2, -0.15) is 0 Å². The van der Waals surface area contributed by atoms with Gasteiger partial charge < -0.3 is 11.1 Å². The van der Waals surface area contributed by atoms with Crippen molar-refractivity contribution in [3.8, 4) is 0 Å². The Hall–Kier alpha value is -1.29. The van der Waals surface area contributed by atoms with Crippen LogP contribution >= 0.6 is 11.6 Å². The van der Waals surface area contributed by atoms with Gasteiger partial charge >= 0.3 is 0 Å². The van der Waals surface area contributed by atoms with Crippen molar-refractivity contribution in [2.75, 3.05) is 11.6 Å². The summed E-state index contributed by atoms with van der Waals surface area (Å²) in [7, 11) is 0. The van der Waals surface area contributed by atoms with Crippen molar-refractivity contribution in [2.45, 2.75) is 13.0 Å². The molecule has 1 rings (SSSR count). The second-order valence-electron chi connectivity index (χ2n) is 2.76. The van der Waals surface area contributed by atoms with Gasteiger partial charge in [-0.1, -0.05) is 0 Å². The van der Waals surface area contributed by atoms with E-state index < -0.39 is 0 Å². The summed E-state index contributed by atoms with van der Waals surface area (Å²) in [4.78, 5) is 15.1. The Morgan fingerprint density at radius 1 is 1.64 bits per heavy atom. The highest BCUT2D eigenvalue weighted by molar-refractivity contribution is 6.18. The zero-order valence-electron chi connectivity index (χ0n) is 7.66. The standard InChI is InChI=1S/C9H12ClN3O/c10-4-3-9(14)13-6-8-7(11)2-1-5-12-8/h1-2,5H,3-4,6,11H2,(H,13,14). The highest BCUT2D eigenvalue weighted by Gasteiger charge is 2.02. The molecule has 0 aromatic carbocycles. The third-order valence-electron chi connectivity index (χ3n) is 1.70. The minimum Gasteiger partial charge on any atom is -0.397 e. The van der Waals surface area contributed by atoms with Crippen molar-refractivity contribution in [3.63, 3.8) is 0 Å². The average molecular weight is 214 g/mol. The summed E-state index contributed by atoms with van der Waals surface area (Å²) in [5.74, 6) is 0.230. The molecule has 0 aliphatic carbocycles. The van der Waals surface area contributed by atoms with Crippen LogP contribution in [0.15, 0.2) is 18.3 Å². The fourth-order valence-corrected chi connectivity index (χ4v) is 1.13. The van der Waals surface area contributed by atoms with Crippen molar-refractivity contribution in [2.24, 2.45) is 0 Å². The predicted octanol–water partition coefficient (Wildman–Crippen LogP) is 0.909. The second-order valence-corrected chi connectivity index (χ2v) is 3.13. The molecule has 0 saturated heterocycles. The molecule has 0 aliphatic rings. The van der Waals surface area contributed by atoms with Crippen molar-refractivity contribution in [1.29, 1.82) is 0 Å². The van der Waals surface area contributed by atoms with E-state index in [1.54, 1.807) is 18.3 Å². The Morgan fingerprint density at radius 3 is 3.07 bits per heavy atom. The Kier molecular flexibility index (Phi) is 4.19. The molecule has 5 heteroatoms. The summed E-state index contributed by atoms with van der Waals surface area (Å²) in [5.41, 5.74) is 6.90. The van der Waals surface area contributed by atoms with Crippen LogP contribution in [0.5, 0.6) is 0 Å². The van der Waals surface area contributed by atoms with Crippen LogP contribution in [0.2, 0.25) is 0 Å². The van der Waals surface area contributed by atoms with Crippen LogP contribution in [0.3, 0.4) is 0 Å². The highest BCUT2D eigenvalue weighted by Crippen LogP contribution is 2.05. The molecule has 0 atom stereocenters. The Bertz CT molecular complexity index is 317. The second kappa shape index (κ2) is 5.44. The molecule has 0 aliphatic heterocycles. The number of nitrogens with one attached hydrogen (secondary N) is 1. The summed E-state index contributed by atoms with van der Waals surface area (Å²) in [5, 5.41) is 2.67. The number of pyridine rings is 1. The summed E-state index contributed by atoms with van der Waals surface area (Å²) in [6.07, 6.45) is 1.95. The number of carbonyl (C=O) groups excluding carboxylic acids is 1. The molecule has 1 heterocycles. The molecule has 1 aromatic heterocycles. The first-order chi connectivity index (χ1) is 6.74. The first kappa shape index (κ1) is 10.8. The van der Waals surface area contributed by atoms with E-state index in [1.807, 2.05) is 0 Å². The average Bonchev–Trinajstić information content (AvgIpc) is 2.17. The number of carbonyl (C=O) groups is 1. The van der Waals surface area contributed by atoms with E-state index in [0.717, 1.165) is 0 Å². The molecule has 0 unspecified atom stereocenters. The minimum absolute atomic E-state index is 0.0925. The maximum atomic E-state index is 11.1. The minimum atomic E-state index is -0.0925. The van der Waals surface area contributed by atoms with E-state index in [9.17, 15) is 4.79 Å². The van der Waals surface area contributed by atoms with E-state index in [1.165, 1.54) is 0 Å². The molecule has 0 spiro atoms. The van der Waals surface area contributed by atoms with Gasteiger partial charge in [0.1, 0.15) is 0 Å². The summed E-state index contributed by atoms with van der Waals surface area (Å²) >= 11 is 5.41. The number of amides is 1. The topological polar surface area (TPSA) is 68.0 Å². The van der Waals surface area contributed by atoms with Crippen molar-refractivity contribution < 1.29 is 4.79 Å². The first-order valence-electron chi connectivity index (χ1n) is 4.26. The monoisotopic (exact) mass is 213 g/mol. The van der Waals surface area contributed by atoms with Gasteiger partial charge in [-0.05, 0) is 12.1 Å². The Morgan fingerprint density at radius 2 is 2.43 bits per heavy atom. The number of rotatable bonds is 4. The molecule has 3 N–H and O–H groups in total. The zero-order valence-corrected chi connectivity index (χ0v) is 8.42. The van der Waals surface area contributed by atoms with Crippen molar-refractivity contribution in [1.82, 2.24) is 10.3 Å². The maximum Gasteiger partial charge on any atom is 0.221 e. The number of hydrogen-bond donors (Lipinski definition) is 2. The Balaban J connectivity index is 2.46. The summed E-state index contributed by atoms with van der Waals surface area (Å²) in [6.45, 7) is 0.350. The van der Waals surface area contributed by atoms with E-state index in [4.69, 9.17) is 17.3 Å². The van der Waals surface area contributed by atoms with Gasteiger partial charge in [0.2, 0.25) is 5.91 Å². The molecule has 14 heavy (non-hydrogen) atoms. The SMILES string of the molecule is Nc1cccnc1CNC(=O)CCCl. The molecular formula is C9H12ClN3O. The van der Waals surface area contributed by atoms with Gasteiger partial charge in [-0.25, -0.2) is 0 Å². The molecule has 1 amide bonds. The third kappa shape index (κ3) is 3.22. The van der Waals surface area contributed by atoms with Gasteiger partial charge in [0.15, 0.2) is 0 Å². The van der Waals surface area contributed by atoms with Crippen LogP contribution in [0.4, 0.5) is 5.69 Å². The van der Waals surface area contributed by atoms with Gasteiger partial charge in [0, 0.05) is 18.5 Å². The fourth-order valence-electron chi connectivity index (χ4n) is 0.955. The Labute approximate surface area is 87.5 Å². The molecule has 0 bridgehead atoms. The first-order valence-corrected chi connectivity index (χ1v) is 4.79. The van der Waals surface area contributed by atoms with Gasteiger partial charge in [0.25, 0.3) is 0 Å². The van der Waals surface area contributed by atoms with Crippen LogP contribution < -0.4 is 11.1 Å². The molecule has 1 aromatic rings. The van der Waals surface area contributed by atoms with Crippen LogP contribution in [0.1, 0.15) is 12.1 Å². The largest absolute Gasteiger partial charge is 0.397 e. The number of alkyl halides is 1. The molecule has 0 radical (unpaired) electrons. The van der Waals surface area contributed by atoms with Crippen LogP contribution in [0.25, 0.3) is 0 Å². The fraction of sp³-hybridized carbons (Fsp3) is 0.333. The zero-order chi connectivity index (χ0) is 10.4. The lowest BCUT2D eigenvalue weighted by atomic mass is 10.3. The van der Waals surface area contributed by atoms with Crippen LogP contribution in [0, 0.1) is 0 Å². The van der Waals surface area contributed by atoms with Gasteiger partial charge in [-0.15, -0.1) is 11.6 Å². The number of anilines is 1. The van der Waals surface area contributed by atoms with E-state index in [-0.39, 0.29) is 5.91 Å². The number of aromatic nitrogens is 1. The third-order valence-corrected chi connectivity index (χ3v) is 1.89. The molecule has 0 saturated carbocycles. The van der Waals surface area contributed by atoms with Crippen LogP contribution in [-0.2, 0) is 11.3 Å². The lowest BCUT2D eigenvalue weighted by Crippen LogP contribution is -2.23. The molecular weight excluding hydrogens is 202 g/mol. The van der Waals surface area contributed by atoms with Crippen LogP contribution in [-0.4, -0.2) is 16.8 Å². The highest BCUT2D eigenvalue weighted by atomic mass is 35.5. The smallest absolute Gasteiger partial charge is 0.221 e. The lowest BCUT2D eigenvalue weighted by molar-refractivity contribution is -0.120. The predicted molar refractivity (Wildman–Crippen MR) is 55.8 cm³/mol. The maximum absolute atomic E-state index is 11.1. The van der Waals surface area contributed by atoms with Crippen molar-refractivity contribution >= 4 is 23.2 Å².